The zero-order valence-corrected chi connectivity index (χ0v) is 36.4. The van der Waals surface area contributed by atoms with Crippen LogP contribution < -0.4 is 19.1 Å². The molecule has 3 heterocycles. The first-order valence-electron chi connectivity index (χ1n) is 21.7. The van der Waals surface area contributed by atoms with Crippen LogP contribution in [-0.2, 0) is 17.9 Å². The molecule has 2 aliphatic heterocycles. The van der Waals surface area contributed by atoms with E-state index in [0.29, 0.717) is 43.7 Å². The normalized spacial score (nSPS) is 18.3. The van der Waals surface area contributed by atoms with Crippen molar-refractivity contribution in [3.8, 4) is 17.2 Å². The molecular weight excluding hydrogens is 781 g/mol. The first kappa shape index (κ1) is 41.9. The molecule has 1 aromatic heterocycles. The van der Waals surface area contributed by atoms with Gasteiger partial charge in [0.2, 0.25) is 5.91 Å². The van der Waals surface area contributed by atoms with Crippen LogP contribution in [0.2, 0.25) is 0 Å². The second kappa shape index (κ2) is 19.3. The minimum Gasteiger partial charge on any atom is -0.494 e. The Morgan fingerprint density at radius 2 is 1.43 bits per heavy atom. The third-order valence-electron chi connectivity index (χ3n) is 11.5. The van der Waals surface area contributed by atoms with Gasteiger partial charge < -0.3 is 24.0 Å². The number of carbonyl (C=O) groups excluding carboxylic acids is 1. The van der Waals surface area contributed by atoms with Gasteiger partial charge in [-0.05, 0) is 95.8 Å². The summed E-state index contributed by atoms with van der Waals surface area (Å²) in [4.78, 5) is 19.4. The predicted molar refractivity (Wildman–Crippen MR) is 242 cm³/mol. The van der Waals surface area contributed by atoms with E-state index in [9.17, 15) is 0 Å². The Kier molecular flexibility index (Phi) is 13.2. The Hall–Kier alpha value is -5.81. The maximum Gasteiger partial charge on any atom is 0.250 e. The summed E-state index contributed by atoms with van der Waals surface area (Å²) in [5.74, 6) is 2.93. The van der Waals surface area contributed by atoms with Gasteiger partial charge in [-0.1, -0.05) is 130 Å². The lowest BCUT2D eigenvalue weighted by Gasteiger charge is -2.52. The lowest BCUT2D eigenvalue weighted by Crippen LogP contribution is -2.68. The number of aromatic nitrogens is 4. The van der Waals surface area contributed by atoms with E-state index in [1.54, 1.807) is 0 Å². The highest BCUT2D eigenvalue weighted by molar-refractivity contribution is 8.01. The monoisotopic (exact) mass is 836 g/mol. The van der Waals surface area contributed by atoms with Crippen molar-refractivity contribution in [1.29, 1.82) is 0 Å². The number of tetrazole rings is 1. The molecule has 3 unspecified atom stereocenters. The number of hydrogen-bond acceptors (Lipinski definition) is 9. The molecule has 2 aliphatic rings. The Morgan fingerprint density at radius 1 is 0.721 bits per heavy atom. The largest absolute Gasteiger partial charge is 0.494 e. The maximum absolute atomic E-state index is 15.1. The van der Waals surface area contributed by atoms with Gasteiger partial charge in [-0.3, -0.25) is 4.79 Å². The third kappa shape index (κ3) is 9.27. The van der Waals surface area contributed by atoms with Crippen molar-refractivity contribution >= 4 is 23.4 Å². The number of fused-ring (bicyclic) bond motifs is 1. The van der Waals surface area contributed by atoms with E-state index in [-0.39, 0.29) is 23.4 Å². The topological polar surface area (TPSA) is 94.8 Å². The molecule has 10 nitrogen and oxygen atoms in total. The molecule has 61 heavy (non-hydrogen) atoms. The summed E-state index contributed by atoms with van der Waals surface area (Å²) in [5, 5.41) is 13.2. The first-order chi connectivity index (χ1) is 29.9. The molecule has 316 valence electrons. The number of carbonyl (C=O) groups is 1. The number of benzene rings is 5. The maximum atomic E-state index is 15.1. The second-order valence-corrected chi connectivity index (χ2v) is 18.1. The van der Waals surface area contributed by atoms with Gasteiger partial charge in [0.25, 0.3) is 0 Å². The van der Waals surface area contributed by atoms with Crippen molar-refractivity contribution in [1.82, 2.24) is 25.1 Å². The standard InChI is InChI=1S/C50H56N6O4S/c1-5-7-18-31-59-43-32-37(28-29-42(43)60-35-36-20-12-9-13-21-36)34-54-47(51-52-53-54)46-50(3,4)61-49-45(48(57)56(46)49)55(40-25-16-11-17-26-40)44(38-22-14-10-15-23-38)39-24-19-27-41(33-39)58-30-8-6-2/h9-17,19-29,32-33,44-46,49H,5-8,18,30-31,34-35H2,1-4H3/t44?,45?,46?,49-/m1/s1. The summed E-state index contributed by atoms with van der Waals surface area (Å²) in [6, 6.07) is 44.3. The number of para-hydroxylation sites is 1. The van der Waals surface area contributed by atoms with Crippen LogP contribution in [0.1, 0.15) is 100.0 Å². The number of thioether (sulfide) groups is 1. The molecule has 5 aromatic carbocycles. The lowest BCUT2D eigenvalue weighted by molar-refractivity contribution is -0.148. The van der Waals surface area contributed by atoms with Gasteiger partial charge in [-0.25, -0.2) is 4.68 Å². The molecule has 0 aliphatic carbocycles. The summed E-state index contributed by atoms with van der Waals surface area (Å²) in [6.07, 6.45) is 5.21. The van der Waals surface area contributed by atoms with Gasteiger partial charge in [-0.2, -0.15) is 0 Å². The Balaban J connectivity index is 1.09. The molecule has 2 fully saturated rings. The molecular formula is C50H56N6O4S. The van der Waals surface area contributed by atoms with E-state index >= 15 is 4.79 Å². The zero-order valence-electron chi connectivity index (χ0n) is 35.6. The van der Waals surface area contributed by atoms with E-state index in [0.717, 1.165) is 65.8 Å². The van der Waals surface area contributed by atoms with Gasteiger partial charge >= 0.3 is 0 Å². The minimum absolute atomic E-state index is 0.0467. The highest BCUT2D eigenvalue weighted by atomic mass is 32.2. The first-order valence-corrected chi connectivity index (χ1v) is 22.5. The number of unbranched alkanes of at least 4 members (excludes halogenated alkanes) is 3. The molecule has 6 aromatic rings. The Bertz CT molecular complexity index is 2340. The predicted octanol–water partition coefficient (Wildman–Crippen LogP) is 10.4. The average molecular weight is 837 g/mol. The molecule has 0 N–H and O–H groups in total. The number of amides is 1. The number of anilines is 1. The van der Waals surface area contributed by atoms with Crippen LogP contribution in [0, 0.1) is 0 Å². The second-order valence-electron chi connectivity index (χ2n) is 16.3. The van der Waals surface area contributed by atoms with Crippen molar-refractivity contribution < 1.29 is 19.0 Å². The van der Waals surface area contributed by atoms with Crippen molar-refractivity contribution in [2.45, 2.75) is 101 Å². The van der Waals surface area contributed by atoms with Crippen molar-refractivity contribution in [3.05, 3.63) is 162 Å². The van der Waals surface area contributed by atoms with Gasteiger partial charge in [0, 0.05) is 10.4 Å². The summed E-state index contributed by atoms with van der Waals surface area (Å²) in [7, 11) is 0. The van der Waals surface area contributed by atoms with Gasteiger partial charge in [-0.15, -0.1) is 16.9 Å². The van der Waals surface area contributed by atoms with Crippen LogP contribution in [0.4, 0.5) is 5.69 Å². The average Bonchev–Trinajstić information content (AvgIpc) is 3.83. The third-order valence-corrected chi connectivity index (χ3v) is 13.0. The van der Waals surface area contributed by atoms with E-state index in [1.165, 1.54) is 0 Å². The molecule has 0 spiro atoms. The minimum atomic E-state index is -0.452. The fourth-order valence-corrected chi connectivity index (χ4v) is 10.1. The number of hydrogen-bond donors (Lipinski definition) is 0. The van der Waals surface area contributed by atoms with Crippen LogP contribution in [0.25, 0.3) is 0 Å². The van der Waals surface area contributed by atoms with E-state index < -0.39 is 10.8 Å². The number of nitrogens with zero attached hydrogens (tertiary/aromatic N) is 6. The van der Waals surface area contributed by atoms with Gasteiger partial charge in [0.05, 0.1) is 25.8 Å². The Labute approximate surface area is 364 Å². The molecule has 4 atom stereocenters. The molecule has 11 heteroatoms. The zero-order chi connectivity index (χ0) is 42.2. The lowest BCUT2D eigenvalue weighted by atomic mass is 9.90. The highest BCUT2D eigenvalue weighted by Gasteiger charge is 2.65. The van der Waals surface area contributed by atoms with E-state index in [4.69, 9.17) is 14.2 Å². The van der Waals surface area contributed by atoms with Crippen LogP contribution in [-0.4, -0.2) is 60.4 Å². The van der Waals surface area contributed by atoms with Crippen LogP contribution in [0.3, 0.4) is 0 Å². The van der Waals surface area contributed by atoms with Crippen molar-refractivity contribution in [3.63, 3.8) is 0 Å². The fraction of sp³-hybridized carbons (Fsp3) is 0.360. The van der Waals surface area contributed by atoms with Crippen molar-refractivity contribution in [2.75, 3.05) is 18.1 Å². The summed E-state index contributed by atoms with van der Waals surface area (Å²) in [5.41, 5.74) is 5.19. The van der Waals surface area contributed by atoms with Crippen LogP contribution >= 0.6 is 11.8 Å². The van der Waals surface area contributed by atoms with E-state index in [2.05, 4.69) is 115 Å². The molecule has 0 bridgehead atoms. The van der Waals surface area contributed by atoms with Crippen LogP contribution in [0.15, 0.2) is 133 Å². The van der Waals surface area contributed by atoms with Gasteiger partial charge in [0.15, 0.2) is 17.3 Å². The molecule has 1 amide bonds. The smallest absolute Gasteiger partial charge is 0.250 e. The molecule has 0 radical (unpaired) electrons. The number of rotatable bonds is 20. The Morgan fingerprint density at radius 3 is 2.18 bits per heavy atom. The van der Waals surface area contributed by atoms with Gasteiger partial charge in [0.1, 0.15) is 29.8 Å². The summed E-state index contributed by atoms with van der Waals surface area (Å²) >= 11 is 1.81. The van der Waals surface area contributed by atoms with Crippen molar-refractivity contribution in [2.24, 2.45) is 0 Å². The quantitative estimate of drug-likeness (QED) is 0.0550. The molecule has 0 saturated carbocycles. The number of β-lactam (4-membered cyclic amide) rings is 1. The van der Waals surface area contributed by atoms with Crippen LogP contribution in [0.5, 0.6) is 17.2 Å². The SMILES string of the molecule is CCCCCOc1cc(Cn2nnnc2C2N3C(=O)C(N(c4ccccc4)C(c4ccccc4)c4cccc(OCCCC)c4)[C@H]3SC2(C)C)ccc1OCc1ccccc1. The fourth-order valence-electron chi connectivity index (χ4n) is 8.44. The number of ether oxygens (including phenoxy) is 3. The highest BCUT2D eigenvalue weighted by Crippen LogP contribution is 2.59. The summed E-state index contributed by atoms with van der Waals surface area (Å²) in [6.45, 7) is 10.9. The van der Waals surface area contributed by atoms with E-state index in [1.807, 2.05) is 88.1 Å². The molecule has 8 rings (SSSR count). The molecule has 2 saturated heterocycles. The summed E-state index contributed by atoms with van der Waals surface area (Å²) < 4.78 is 20.3.